The standard InChI is InChI=1S/C38H27N/c1-24-11-20-31(38-29(24)10-5-23-39-38)28-18-14-26(15-19-28)25-12-16-27(17-13-25)30-21-22-36-33-7-3-2-6-32(33)35-9-4-8-34(30)37(35)36/h2-24,29H,1H3. The van der Waals surface area contributed by atoms with Crippen LogP contribution in [0.5, 0.6) is 0 Å². The number of rotatable bonds is 3. The van der Waals surface area contributed by atoms with E-state index >= 15 is 0 Å². The topological polar surface area (TPSA) is 12.4 Å². The maximum atomic E-state index is 4.74. The van der Waals surface area contributed by atoms with Gasteiger partial charge in [-0.1, -0.05) is 128 Å². The van der Waals surface area contributed by atoms with Crippen molar-refractivity contribution < 1.29 is 0 Å². The molecule has 0 aromatic heterocycles. The van der Waals surface area contributed by atoms with E-state index in [1.165, 1.54) is 72.1 Å². The first-order chi connectivity index (χ1) is 19.3. The number of aliphatic imine (C=N–C) groups is 1. The summed E-state index contributed by atoms with van der Waals surface area (Å²) in [5.41, 5.74) is 14.0. The average molecular weight is 498 g/mol. The Morgan fingerprint density at radius 3 is 1.90 bits per heavy atom. The van der Waals surface area contributed by atoms with Crippen molar-refractivity contribution in [3.05, 3.63) is 139 Å². The SMILES string of the molecule is CC1C=CC(c2ccc(-c3ccc(-c4ccc5c6c(cccc46)-c4ccccc4-5)cc3)cc2)=C2N=CC=CC21. The van der Waals surface area contributed by atoms with Crippen molar-refractivity contribution >= 4 is 22.6 Å². The summed E-state index contributed by atoms with van der Waals surface area (Å²) in [6, 6.07) is 38.0. The molecule has 0 amide bonds. The van der Waals surface area contributed by atoms with E-state index in [2.05, 4.69) is 134 Å². The smallest absolute Gasteiger partial charge is 0.0556 e. The van der Waals surface area contributed by atoms with Gasteiger partial charge in [0.15, 0.2) is 0 Å². The van der Waals surface area contributed by atoms with Crippen molar-refractivity contribution in [3.63, 3.8) is 0 Å². The van der Waals surface area contributed by atoms with Crippen LogP contribution in [0.3, 0.4) is 0 Å². The van der Waals surface area contributed by atoms with E-state index in [9.17, 15) is 0 Å². The molecule has 1 nitrogen and oxygen atoms in total. The third-order valence-electron chi connectivity index (χ3n) is 8.62. The number of fused-ring (bicyclic) bond motifs is 4. The molecule has 39 heavy (non-hydrogen) atoms. The van der Waals surface area contributed by atoms with Crippen LogP contribution in [0.15, 0.2) is 138 Å². The van der Waals surface area contributed by atoms with E-state index in [1.54, 1.807) is 0 Å². The second kappa shape index (κ2) is 8.64. The van der Waals surface area contributed by atoms with Crippen LogP contribution in [-0.4, -0.2) is 6.21 Å². The molecule has 0 saturated carbocycles. The summed E-state index contributed by atoms with van der Waals surface area (Å²) in [6.07, 6.45) is 10.8. The van der Waals surface area contributed by atoms with E-state index < -0.39 is 0 Å². The maximum Gasteiger partial charge on any atom is 0.0556 e. The molecule has 1 aliphatic heterocycles. The molecule has 0 fully saturated rings. The van der Waals surface area contributed by atoms with Crippen LogP contribution in [0.2, 0.25) is 0 Å². The molecule has 0 saturated heterocycles. The van der Waals surface area contributed by atoms with Gasteiger partial charge in [-0.05, 0) is 72.8 Å². The molecule has 5 aromatic rings. The molecule has 2 aliphatic carbocycles. The number of hydrogen-bond acceptors (Lipinski definition) is 1. The highest BCUT2D eigenvalue weighted by Crippen LogP contribution is 2.49. The van der Waals surface area contributed by atoms with Gasteiger partial charge in [0.1, 0.15) is 0 Å². The number of dihydropyridines is 1. The van der Waals surface area contributed by atoms with Crippen LogP contribution in [-0.2, 0) is 0 Å². The van der Waals surface area contributed by atoms with Crippen LogP contribution in [0.1, 0.15) is 12.5 Å². The third kappa shape index (κ3) is 3.43. The second-order valence-corrected chi connectivity index (χ2v) is 10.8. The first-order valence-electron chi connectivity index (χ1n) is 13.8. The molecule has 0 spiro atoms. The van der Waals surface area contributed by atoms with Crippen LogP contribution in [0, 0.1) is 11.8 Å². The van der Waals surface area contributed by atoms with Gasteiger partial charge in [0.05, 0.1) is 5.70 Å². The molecule has 2 atom stereocenters. The summed E-state index contributed by atoms with van der Waals surface area (Å²) >= 11 is 0. The van der Waals surface area contributed by atoms with Crippen molar-refractivity contribution in [3.8, 4) is 44.5 Å². The number of nitrogens with zero attached hydrogens (tertiary/aromatic N) is 1. The fourth-order valence-electron chi connectivity index (χ4n) is 6.59. The first kappa shape index (κ1) is 22.3. The largest absolute Gasteiger partial charge is 0.260 e. The minimum Gasteiger partial charge on any atom is -0.260 e. The fourth-order valence-corrected chi connectivity index (χ4v) is 6.59. The highest BCUT2D eigenvalue weighted by atomic mass is 14.8. The molecule has 0 N–H and O–H groups in total. The highest BCUT2D eigenvalue weighted by Gasteiger charge is 2.25. The summed E-state index contributed by atoms with van der Waals surface area (Å²) in [4.78, 5) is 4.74. The van der Waals surface area contributed by atoms with Crippen molar-refractivity contribution in [1.29, 1.82) is 0 Å². The molecule has 184 valence electrons. The number of hydrogen-bond donors (Lipinski definition) is 0. The van der Waals surface area contributed by atoms with Gasteiger partial charge in [-0.2, -0.15) is 0 Å². The summed E-state index contributed by atoms with van der Waals surface area (Å²) in [5.74, 6) is 0.839. The molecule has 1 heteroatoms. The van der Waals surface area contributed by atoms with Crippen molar-refractivity contribution in [2.75, 3.05) is 0 Å². The second-order valence-electron chi connectivity index (χ2n) is 10.8. The molecule has 3 aliphatic rings. The Bertz CT molecular complexity index is 1870. The predicted molar refractivity (Wildman–Crippen MR) is 166 cm³/mol. The molecular weight excluding hydrogens is 470 g/mol. The van der Waals surface area contributed by atoms with Crippen LogP contribution in [0.25, 0.3) is 60.9 Å². The zero-order valence-corrected chi connectivity index (χ0v) is 21.8. The molecule has 1 heterocycles. The van der Waals surface area contributed by atoms with Gasteiger partial charge in [-0.25, -0.2) is 0 Å². The number of allylic oxidation sites excluding steroid dienone is 5. The minimum absolute atomic E-state index is 0.363. The van der Waals surface area contributed by atoms with E-state index in [1.807, 2.05) is 6.21 Å². The zero-order valence-electron chi connectivity index (χ0n) is 21.8. The normalized spacial score (nSPS) is 18.5. The van der Waals surface area contributed by atoms with Gasteiger partial charge in [0.25, 0.3) is 0 Å². The van der Waals surface area contributed by atoms with Gasteiger partial charge in [0, 0.05) is 17.7 Å². The third-order valence-corrected chi connectivity index (χ3v) is 8.62. The van der Waals surface area contributed by atoms with Gasteiger partial charge in [-0.3, -0.25) is 4.99 Å². The Morgan fingerprint density at radius 2 is 1.15 bits per heavy atom. The summed E-state index contributed by atoms with van der Waals surface area (Å²) in [7, 11) is 0. The van der Waals surface area contributed by atoms with E-state index in [-0.39, 0.29) is 0 Å². The van der Waals surface area contributed by atoms with Crippen LogP contribution >= 0.6 is 0 Å². The lowest BCUT2D eigenvalue weighted by molar-refractivity contribution is 0.571. The molecular formula is C38H27N. The van der Waals surface area contributed by atoms with Gasteiger partial charge in [-0.15, -0.1) is 0 Å². The molecule has 0 bridgehead atoms. The van der Waals surface area contributed by atoms with E-state index in [4.69, 9.17) is 4.99 Å². The minimum atomic E-state index is 0.363. The summed E-state index contributed by atoms with van der Waals surface area (Å²) < 4.78 is 0. The van der Waals surface area contributed by atoms with Crippen LogP contribution in [0.4, 0.5) is 0 Å². The van der Waals surface area contributed by atoms with Crippen molar-refractivity contribution in [2.24, 2.45) is 16.8 Å². The molecule has 2 unspecified atom stereocenters. The maximum absolute atomic E-state index is 4.74. The fraction of sp³-hybridized carbons (Fsp3) is 0.0789. The molecule has 0 radical (unpaired) electrons. The van der Waals surface area contributed by atoms with Gasteiger partial charge < -0.3 is 0 Å². The monoisotopic (exact) mass is 497 g/mol. The highest BCUT2D eigenvalue weighted by molar-refractivity contribution is 6.18. The first-order valence-corrected chi connectivity index (χ1v) is 13.8. The Morgan fingerprint density at radius 1 is 0.538 bits per heavy atom. The number of benzene rings is 5. The van der Waals surface area contributed by atoms with Gasteiger partial charge in [0.2, 0.25) is 0 Å². The zero-order chi connectivity index (χ0) is 25.9. The van der Waals surface area contributed by atoms with E-state index in [0.29, 0.717) is 11.8 Å². The van der Waals surface area contributed by atoms with Gasteiger partial charge >= 0.3 is 0 Å². The Balaban J connectivity index is 1.13. The van der Waals surface area contributed by atoms with Crippen molar-refractivity contribution in [1.82, 2.24) is 0 Å². The van der Waals surface area contributed by atoms with Crippen molar-refractivity contribution in [2.45, 2.75) is 6.92 Å². The summed E-state index contributed by atoms with van der Waals surface area (Å²) in [6.45, 7) is 2.26. The molecule has 8 rings (SSSR count). The molecule has 5 aromatic carbocycles. The Kier molecular flexibility index (Phi) is 4.93. The average Bonchev–Trinajstić information content (AvgIpc) is 3.33. The quantitative estimate of drug-likeness (QED) is 0.231. The Hall–Kier alpha value is -4.75. The lowest BCUT2D eigenvalue weighted by Gasteiger charge is -2.27. The summed E-state index contributed by atoms with van der Waals surface area (Å²) in [5, 5.41) is 2.69. The lowest BCUT2D eigenvalue weighted by Crippen LogP contribution is -2.16. The van der Waals surface area contributed by atoms with E-state index in [0.717, 1.165) is 0 Å². The predicted octanol–water partition coefficient (Wildman–Crippen LogP) is 9.99. The lowest BCUT2D eigenvalue weighted by atomic mass is 9.81. The van der Waals surface area contributed by atoms with Crippen LogP contribution < -0.4 is 0 Å². The Labute approximate surface area is 229 Å².